The smallest absolute Gasteiger partial charge is 0.226 e. The second-order valence-electron chi connectivity index (χ2n) is 3.74. The van der Waals surface area contributed by atoms with E-state index in [1.165, 1.54) is 0 Å². The first-order valence-electron chi connectivity index (χ1n) is 4.86. The van der Waals surface area contributed by atoms with Crippen molar-refractivity contribution in [1.29, 1.82) is 5.26 Å². The van der Waals surface area contributed by atoms with Gasteiger partial charge in [-0.05, 0) is 18.8 Å². The van der Waals surface area contributed by atoms with Gasteiger partial charge >= 0.3 is 0 Å². The predicted octanol–water partition coefficient (Wildman–Crippen LogP) is 1.40. The second-order valence-corrected chi connectivity index (χ2v) is 3.74. The van der Waals surface area contributed by atoms with Crippen molar-refractivity contribution < 1.29 is 4.79 Å². The number of carbonyl (C=O) groups excluding carboxylic acids is 1. The minimum Gasteiger partial charge on any atom is -0.329 e. The lowest BCUT2D eigenvalue weighted by Crippen LogP contribution is -2.33. The van der Waals surface area contributed by atoms with Gasteiger partial charge in [-0.1, -0.05) is 13.8 Å². The van der Waals surface area contributed by atoms with Crippen LogP contribution in [0.1, 0.15) is 26.7 Å². The normalized spacial score (nSPS) is 25.0. The van der Waals surface area contributed by atoms with E-state index in [2.05, 4.69) is 6.92 Å². The van der Waals surface area contributed by atoms with Crippen molar-refractivity contribution >= 4 is 5.91 Å². The summed E-state index contributed by atoms with van der Waals surface area (Å²) < 4.78 is 0. The molecule has 0 aliphatic heterocycles. The quantitative estimate of drug-likeness (QED) is 0.614. The molecule has 0 radical (unpaired) electrons. The van der Waals surface area contributed by atoms with Gasteiger partial charge in [0.05, 0.1) is 6.07 Å². The largest absolute Gasteiger partial charge is 0.329 e. The number of carbonyl (C=O) groups is 1. The van der Waals surface area contributed by atoms with Crippen LogP contribution in [0.5, 0.6) is 0 Å². The van der Waals surface area contributed by atoms with Crippen LogP contribution in [0.25, 0.3) is 0 Å². The molecule has 1 aliphatic rings. The third kappa shape index (κ3) is 2.45. The third-order valence-electron chi connectivity index (χ3n) is 2.49. The molecule has 1 rings (SSSR count). The Hall–Kier alpha value is -1.04. The lowest BCUT2D eigenvalue weighted by Gasteiger charge is -2.18. The molecule has 72 valence electrons. The molecule has 13 heavy (non-hydrogen) atoms. The van der Waals surface area contributed by atoms with E-state index in [0.717, 1.165) is 19.4 Å². The number of amides is 1. The van der Waals surface area contributed by atoms with Gasteiger partial charge in [0.15, 0.2) is 0 Å². The molecule has 0 aromatic heterocycles. The van der Waals surface area contributed by atoms with Crippen LogP contribution in [0, 0.1) is 23.2 Å². The van der Waals surface area contributed by atoms with Crippen LogP contribution in [-0.2, 0) is 4.79 Å². The average Bonchev–Trinajstić information content (AvgIpc) is 2.81. The molecule has 0 N–H and O–H groups in total. The highest BCUT2D eigenvalue weighted by Crippen LogP contribution is 2.39. The zero-order chi connectivity index (χ0) is 9.84. The van der Waals surface area contributed by atoms with Gasteiger partial charge < -0.3 is 4.90 Å². The van der Waals surface area contributed by atoms with E-state index in [9.17, 15) is 4.79 Å². The molecule has 2 unspecified atom stereocenters. The maximum absolute atomic E-state index is 11.7. The van der Waals surface area contributed by atoms with Gasteiger partial charge in [0.1, 0.15) is 6.54 Å². The summed E-state index contributed by atoms with van der Waals surface area (Å²) in [5.41, 5.74) is 0. The fraction of sp³-hybridized carbons (Fsp3) is 0.800. The summed E-state index contributed by atoms with van der Waals surface area (Å²) in [5, 5.41) is 8.54. The molecule has 0 bridgehead atoms. The summed E-state index contributed by atoms with van der Waals surface area (Å²) in [6.45, 7) is 5.07. The standard InChI is InChI=1S/C10H16N2O/c1-3-5-12(6-4-11)10(13)9-7-8(9)2/h8-9H,3,5-7H2,1-2H3. The molecule has 0 heterocycles. The molecule has 0 spiro atoms. The van der Waals surface area contributed by atoms with Crippen molar-refractivity contribution in [2.75, 3.05) is 13.1 Å². The Balaban J connectivity index is 2.44. The fourth-order valence-corrected chi connectivity index (χ4v) is 1.52. The van der Waals surface area contributed by atoms with Gasteiger partial charge in [-0.3, -0.25) is 4.79 Å². The Kier molecular flexibility index (Phi) is 3.30. The van der Waals surface area contributed by atoms with Crippen LogP contribution >= 0.6 is 0 Å². The molecule has 0 saturated heterocycles. The molecule has 0 aromatic rings. The summed E-state index contributed by atoms with van der Waals surface area (Å²) in [6.07, 6.45) is 1.93. The number of hydrogen-bond acceptors (Lipinski definition) is 2. The minimum atomic E-state index is 0.177. The summed E-state index contributed by atoms with van der Waals surface area (Å²) in [6, 6.07) is 2.04. The number of nitriles is 1. The lowest BCUT2D eigenvalue weighted by atomic mass is 10.3. The Labute approximate surface area is 79.3 Å². The van der Waals surface area contributed by atoms with Crippen LogP contribution < -0.4 is 0 Å². The van der Waals surface area contributed by atoms with E-state index in [1.807, 2.05) is 13.0 Å². The maximum atomic E-state index is 11.7. The molecule has 0 aromatic carbocycles. The molecule has 1 aliphatic carbocycles. The maximum Gasteiger partial charge on any atom is 0.226 e. The summed E-state index contributed by atoms with van der Waals surface area (Å²) in [7, 11) is 0. The van der Waals surface area contributed by atoms with Crippen molar-refractivity contribution in [3.63, 3.8) is 0 Å². The van der Waals surface area contributed by atoms with Gasteiger partial charge in [-0.25, -0.2) is 0 Å². The molecule has 1 amide bonds. The van der Waals surface area contributed by atoms with Crippen LogP contribution in [0.4, 0.5) is 0 Å². The topological polar surface area (TPSA) is 44.1 Å². The van der Waals surface area contributed by atoms with Crippen LogP contribution in [0.3, 0.4) is 0 Å². The van der Waals surface area contributed by atoms with Crippen molar-refractivity contribution in [3.8, 4) is 6.07 Å². The Morgan fingerprint density at radius 3 is 2.69 bits per heavy atom. The van der Waals surface area contributed by atoms with E-state index in [1.54, 1.807) is 4.90 Å². The molecular weight excluding hydrogens is 164 g/mol. The summed E-state index contributed by atoms with van der Waals surface area (Å²) in [5.74, 6) is 0.918. The highest BCUT2D eigenvalue weighted by atomic mass is 16.2. The Bertz CT molecular complexity index is 232. The highest BCUT2D eigenvalue weighted by molar-refractivity contribution is 5.81. The zero-order valence-electron chi connectivity index (χ0n) is 8.29. The van der Waals surface area contributed by atoms with Crippen molar-refractivity contribution in [3.05, 3.63) is 0 Å². The van der Waals surface area contributed by atoms with Crippen LogP contribution in [-0.4, -0.2) is 23.9 Å². The average molecular weight is 180 g/mol. The van der Waals surface area contributed by atoms with E-state index in [4.69, 9.17) is 5.26 Å². The summed E-state index contributed by atoms with van der Waals surface area (Å²) in [4.78, 5) is 13.3. The van der Waals surface area contributed by atoms with Crippen LogP contribution in [0.2, 0.25) is 0 Å². The highest BCUT2D eigenvalue weighted by Gasteiger charge is 2.41. The van der Waals surface area contributed by atoms with E-state index in [0.29, 0.717) is 5.92 Å². The van der Waals surface area contributed by atoms with Gasteiger partial charge in [0.2, 0.25) is 5.91 Å². The molecule has 2 atom stereocenters. The van der Waals surface area contributed by atoms with Gasteiger partial charge in [0.25, 0.3) is 0 Å². The molecule has 3 nitrogen and oxygen atoms in total. The molecule has 1 saturated carbocycles. The molecular formula is C10H16N2O. The van der Waals surface area contributed by atoms with Crippen molar-refractivity contribution in [2.45, 2.75) is 26.7 Å². The lowest BCUT2D eigenvalue weighted by molar-refractivity contribution is -0.132. The number of nitrogens with zero attached hydrogens (tertiary/aromatic N) is 2. The second kappa shape index (κ2) is 4.27. The van der Waals surface area contributed by atoms with E-state index >= 15 is 0 Å². The van der Waals surface area contributed by atoms with Gasteiger partial charge in [-0.15, -0.1) is 0 Å². The van der Waals surface area contributed by atoms with Gasteiger partial charge in [-0.2, -0.15) is 5.26 Å². The van der Waals surface area contributed by atoms with Crippen molar-refractivity contribution in [1.82, 2.24) is 4.90 Å². The first-order valence-corrected chi connectivity index (χ1v) is 4.86. The third-order valence-corrected chi connectivity index (χ3v) is 2.49. The first kappa shape index (κ1) is 10.0. The zero-order valence-corrected chi connectivity index (χ0v) is 8.29. The van der Waals surface area contributed by atoms with Crippen molar-refractivity contribution in [2.24, 2.45) is 11.8 Å². The number of hydrogen-bond donors (Lipinski definition) is 0. The molecule has 1 fully saturated rings. The Morgan fingerprint density at radius 2 is 2.31 bits per heavy atom. The Morgan fingerprint density at radius 1 is 1.69 bits per heavy atom. The number of rotatable bonds is 4. The monoisotopic (exact) mass is 180 g/mol. The van der Waals surface area contributed by atoms with Crippen LogP contribution in [0.15, 0.2) is 0 Å². The van der Waals surface area contributed by atoms with E-state index < -0.39 is 0 Å². The predicted molar refractivity (Wildman–Crippen MR) is 49.8 cm³/mol. The SMILES string of the molecule is CCCN(CC#N)C(=O)C1CC1C. The first-order chi connectivity index (χ1) is 6.20. The minimum absolute atomic E-state index is 0.177. The molecule has 3 heteroatoms. The summed E-state index contributed by atoms with van der Waals surface area (Å²) >= 11 is 0. The van der Waals surface area contributed by atoms with Gasteiger partial charge in [0, 0.05) is 12.5 Å². The fourth-order valence-electron chi connectivity index (χ4n) is 1.52. The van der Waals surface area contributed by atoms with E-state index in [-0.39, 0.29) is 18.4 Å².